The summed E-state index contributed by atoms with van der Waals surface area (Å²) in [5, 5.41) is 9.27. The third-order valence-corrected chi connectivity index (χ3v) is 3.28. The highest BCUT2D eigenvalue weighted by Gasteiger charge is 2.32. The van der Waals surface area contributed by atoms with Gasteiger partial charge in [-0.2, -0.15) is 5.26 Å². The number of hydrogen-bond donors (Lipinski definition) is 0. The number of aryl methyl sites for hydroxylation is 1. The van der Waals surface area contributed by atoms with Gasteiger partial charge < -0.3 is 4.74 Å². The lowest BCUT2D eigenvalue weighted by Gasteiger charge is -2.30. The number of rotatable bonds is 1. The molecule has 0 N–H and O–H groups in total. The van der Waals surface area contributed by atoms with E-state index in [1.807, 2.05) is 19.1 Å². The number of nitriles is 1. The van der Waals surface area contributed by atoms with Crippen LogP contribution in [0.4, 0.5) is 0 Å². The van der Waals surface area contributed by atoms with Gasteiger partial charge in [0.2, 0.25) is 0 Å². The summed E-state index contributed by atoms with van der Waals surface area (Å²) >= 11 is 0. The minimum atomic E-state index is -0.331. The van der Waals surface area contributed by atoms with Crippen molar-refractivity contribution in [2.75, 3.05) is 7.11 Å². The lowest BCUT2D eigenvalue weighted by molar-refractivity contribution is 0.410. The van der Waals surface area contributed by atoms with E-state index in [0.29, 0.717) is 0 Å². The summed E-state index contributed by atoms with van der Waals surface area (Å²) in [6.45, 7) is 2.02. The van der Waals surface area contributed by atoms with E-state index in [0.717, 1.165) is 30.6 Å². The first kappa shape index (κ1) is 10.0. The van der Waals surface area contributed by atoms with Crippen molar-refractivity contribution in [3.63, 3.8) is 0 Å². The summed E-state index contributed by atoms with van der Waals surface area (Å²) in [4.78, 5) is 0. The lowest BCUT2D eigenvalue weighted by Crippen LogP contribution is -2.25. The zero-order valence-electron chi connectivity index (χ0n) is 9.21. The Morgan fingerprint density at radius 1 is 1.47 bits per heavy atom. The molecule has 0 spiro atoms. The van der Waals surface area contributed by atoms with Crippen molar-refractivity contribution in [2.45, 2.75) is 31.6 Å². The zero-order chi connectivity index (χ0) is 10.9. The van der Waals surface area contributed by atoms with Gasteiger partial charge in [-0.25, -0.2) is 0 Å². The molecule has 1 aliphatic carbocycles. The molecule has 0 aliphatic heterocycles. The van der Waals surface area contributed by atoms with Crippen LogP contribution in [0, 0.1) is 11.3 Å². The smallest absolute Gasteiger partial charge is 0.119 e. The second-order valence-electron chi connectivity index (χ2n) is 4.32. The summed E-state index contributed by atoms with van der Waals surface area (Å²) in [5.74, 6) is 0.845. The van der Waals surface area contributed by atoms with Gasteiger partial charge in [0.25, 0.3) is 0 Å². The molecular weight excluding hydrogens is 186 g/mol. The predicted molar refractivity (Wildman–Crippen MR) is 58.9 cm³/mol. The number of ether oxygens (including phenoxy) is 1. The average molecular weight is 201 g/mol. The highest BCUT2D eigenvalue weighted by molar-refractivity contribution is 5.45. The third-order valence-electron chi connectivity index (χ3n) is 3.28. The first-order valence-electron chi connectivity index (χ1n) is 5.28. The van der Waals surface area contributed by atoms with Gasteiger partial charge in [-0.3, -0.25) is 0 Å². The van der Waals surface area contributed by atoms with Crippen LogP contribution in [0.15, 0.2) is 18.2 Å². The third kappa shape index (κ3) is 1.59. The Kier molecular flexibility index (Phi) is 2.40. The van der Waals surface area contributed by atoms with Gasteiger partial charge in [-0.05, 0) is 49.4 Å². The van der Waals surface area contributed by atoms with Crippen molar-refractivity contribution < 1.29 is 4.74 Å². The minimum Gasteiger partial charge on any atom is -0.497 e. The van der Waals surface area contributed by atoms with E-state index in [9.17, 15) is 5.26 Å². The Morgan fingerprint density at radius 2 is 2.27 bits per heavy atom. The molecule has 1 aromatic carbocycles. The molecule has 2 heteroatoms. The van der Waals surface area contributed by atoms with Crippen molar-refractivity contribution >= 4 is 0 Å². The van der Waals surface area contributed by atoms with Crippen LogP contribution in [0.2, 0.25) is 0 Å². The van der Waals surface area contributed by atoms with Gasteiger partial charge in [-0.15, -0.1) is 0 Å². The summed E-state index contributed by atoms with van der Waals surface area (Å²) in [5.41, 5.74) is 2.11. The van der Waals surface area contributed by atoms with Crippen LogP contribution in [0.1, 0.15) is 30.9 Å². The van der Waals surface area contributed by atoms with Gasteiger partial charge in [0, 0.05) is 0 Å². The molecular formula is C13H15NO. The van der Waals surface area contributed by atoms with Gasteiger partial charge in [0.05, 0.1) is 18.6 Å². The number of methoxy groups -OCH3 is 1. The van der Waals surface area contributed by atoms with E-state index in [4.69, 9.17) is 4.74 Å². The van der Waals surface area contributed by atoms with Gasteiger partial charge in [0.15, 0.2) is 0 Å². The molecule has 2 rings (SSSR count). The molecule has 2 nitrogen and oxygen atoms in total. The van der Waals surface area contributed by atoms with E-state index in [2.05, 4.69) is 12.1 Å². The molecule has 1 atom stereocenters. The van der Waals surface area contributed by atoms with Crippen LogP contribution in [-0.2, 0) is 11.8 Å². The molecule has 0 bridgehead atoms. The highest BCUT2D eigenvalue weighted by atomic mass is 16.5. The van der Waals surface area contributed by atoms with Crippen molar-refractivity contribution in [1.29, 1.82) is 5.26 Å². The average Bonchev–Trinajstić information content (AvgIpc) is 2.29. The maximum absolute atomic E-state index is 9.27. The Hall–Kier alpha value is -1.49. The van der Waals surface area contributed by atoms with E-state index < -0.39 is 0 Å². The molecule has 15 heavy (non-hydrogen) atoms. The molecule has 1 aromatic rings. The SMILES string of the molecule is COc1ccc2c(c1)C(C)(C#N)CCC2. The van der Waals surface area contributed by atoms with E-state index >= 15 is 0 Å². The molecule has 0 heterocycles. The summed E-state index contributed by atoms with van der Waals surface area (Å²) in [7, 11) is 1.66. The zero-order valence-corrected chi connectivity index (χ0v) is 9.21. The molecule has 0 amide bonds. The maximum atomic E-state index is 9.27. The van der Waals surface area contributed by atoms with Gasteiger partial charge in [0.1, 0.15) is 5.75 Å². The summed E-state index contributed by atoms with van der Waals surface area (Å²) in [6.07, 6.45) is 3.13. The molecule has 0 radical (unpaired) electrons. The second kappa shape index (κ2) is 3.58. The molecule has 0 saturated heterocycles. The first-order chi connectivity index (χ1) is 7.19. The van der Waals surface area contributed by atoms with Gasteiger partial charge in [-0.1, -0.05) is 6.07 Å². The standard InChI is InChI=1S/C13H15NO/c1-13(9-14)7-3-4-10-5-6-11(15-2)8-12(10)13/h5-6,8H,3-4,7H2,1-2H3. The van der Waals surface area contributed by atoms with Crippen LogP contribution < -0.4 is 4.74 Å². The van der Waals surface area contributed by atoms with Crippen molar-refractivity contribution in [3.05, 3.63) is 29.3 Å². The quantitative estimate of drug-likeness (QED) is 0.700. The van der Waals surface area contributed by atoms with Crippen LogP contribution in [0.25, 0.3) is 0 Å². The maximum Gasteiger partial charge on any atom is 0.119 e. The number of nitrogens with zero attached hydrogens (tertiary/aromatic N) is 1. The monoisotopic (exact) mass is 201 g/mol. The van der Waals surface area contributed by atoms with Crippen LogP contribution in [-0.4, -0.2) is 7.11 Å². The molecule has 1 unspecified atom stereocenters. The fourth-order valence-electron chi connectivity index (χ4n) is 2.30. The number of fused-ring (bicyclic) bond motifs is 1. The van der Waals surface area contributed by atoms with E-state index in [-0.39, 0.29) is 5.41 Å². The van der Waals surface area contributed by atoms with Crippen LogP contribution in [0.5, 0.6) is 5.75 Å². The lowest BCUT2D eigenvalue weighted by atomic mass is 9.72. The molecule has 0 saturated carbocycles. The van der Waals surface area contributed by atoms with E-state index in [1.165, 1.54) is 5.56 Å². The Bertz CT molecular complexity index is 419. The Labute approximate surface area is 90.5 Å². The topological polar surface area (TPSA) is 33.0 Å². The summed E-state index contributed by atoms with van der Waals surface area (Å²) in [6, 6.07) is 8.50. The normalized spacial score (nSPS) is 24.1. The van der Waals surface area contributed by atoms with Crippen molar-refractivity contribution in [1.82, 2.24) is 0 Å². The second-order valence-corrected chi connectivity index (χ2v) is 4.32. The minimum absolute atomic E-state index is 0.331. The van der Waals surface area contributed by atoms with E-state index in [1.54, 1.807) is 7.11 Å². The first-order valence-corrected chi connectivity index (χ1v) is 5.28. The predicted octanol–water partition coefficient (Wildman–Crippen LogP) is 2.81. The summed E-state index contributed by atoms with van der Waals surface area (Å²) < 4.78 is 5.21. The largest absolute Gasteiger partial charge is 0.497 e. The van der Waals surface area contributed by atoms with Crippen molar-refractivity contribution in [3.8, 4) is 11.8 Å². The highest BCUT2D eigenvalue weighted by Crippen LogP contribution is 2.38. The van der Waals surface area contributed by atoms with Gasteiger partial charge >= 0.3 is 0 Å². The molecule has 0 fully saturated rings. The van der Waals surface area contributed by atoms with Crippen LogP contribution >= 0.6 is 0 Å². The molecule has 0 aromatic heterocycles. The number of hydrogen-bond acceptors (Lipinski definition) is 2. The Morgan fingerprint density at radius 3 is 2.93 bits per heavy atom. The Balaban J connectivity index is 2.54. The fraction of sp³-hybridized carbons (Fsp3) is 0.462. The number of benzene rings is 1. The fourth-order valence-corrected chi connectivity index (χ4v) is 2.30. The molecule has 1 aliphatic rings. The van der Waals surface area contributed by atoms with Crippen LogP contribution in [0.3, 0.4) is 0 Å². The van der Waals surface area contributed by atoms with Crippen molar-refractivity contribution in [2.24, 2.45) is 0 Å². The molecule has 78 valence electrons.